The number of para-hydroxylation sites is 2. The average Bonchev–Trinajstić information content (AvgIpc) is 3.29. The lowest BCUT2D eigenvalue weighted by atomic mass is 10.2. The van der Waals surface area contributed by atoms with E-state index in [1.165, 1.54) is 11.3 Å². The van der Waals surface area contributed by atoms with Gasteiger partial charge in [0.15, 0.2) is 11.5 Å². The summed E-state index contributed by atoms with van der Waals surface area (Å²) in [7, 11) is 0. The van der Waals surface area contributed by atoms with E-state index in [0.717, 1.165) is 5.56 Å². The predicted octanol–water partition coefficient (Wildman–Crippen LogP) is 5.43. The molecule has 1 aliphatic heterocycles. The van der Waals surface area contributed by atoms with E-state index in [0.29, 0.717) is 38.2 Å². The van der Waals surface area contributed by atoms with Gasteiger partial charge in [-0.1, -0.05) is 35.1 Å². The molecule has 7 nitrogen and oxygen atoms in total. The standard InChI is InChI=1S/C23H16ClN3O4S/c24-15-7-11-17(12-8-15)30-16-9-5-14(6-10-16)22-26-27-23(32-22)25-21(28)20-13-29-18-3-1-2-4-19(18)31-20/h1-12,20H,13H2,(H,25,27,28)/t20-/m0/s1. The molecule has 1 N–H and O–H groups in total. The second kappa shape index (κ2) is 8.86. The minimum Gasteiger partial charge on any atom is -0.485 e. The Morgan fingerprint density at radius 2 is 1.66 bits per heavy atom. The lowest BCUT2D eigenvalue weighted by Gasteiger charge is -2.25. The van der Waals surface area contributed by atoms with Crippen LogP contribution in [0.15, 0.2) is 72.8 Å². The van der Waals surface area contributed by atoms with Crippen molar-refractivity contribution in [2.45, 2.75) is 6.10 Å². The Hall–Kier alpha value is -3.62. The van der Waals surface area contributed by atoms with Crippen LogP contribution in [0.1, 0.15) is 0 Å². The molecule has 160 valence electrons. The summed E-state index contributed by atoms with van der Waals surface area (Å²) in [5, 5.41) is 12.7. The fraction of sp³-hybridized carbons (Fsp3) is 0.0870. The van der Waals surface area contributed by atoms with Crippen molar-refractivity contribution in [3.05, 3.63) is 77.8 Å². The molecule has 1 aliphatic rings. The summed E-state index contributed by atoms with van der Waals surface area (Å²) < 4.78 is 17.1. The molecule has 9 heteroatoms. The number of ether oxygens (including phenoxy) is 3. The summed E-state index contributed by atoms with van der Waals surface area (Å²) in [6.45, 7) is 0.129. The molecular formula is C23H16ClN3O4S. The summed E-state index contributed by atoms with van der Waals surface area (Å²) in [6.07, 6.45) is -0.762. The first-order valence-electron chi connectivity index (χ1n) is 9.71. The molecule has 0 spiro atoms. The second-order valence-corrected chi connectivity index (χ2v) is 8.26. The van der Waals surface area contributed by atoms with Crippen molar-refractivity contribution in [2.75, 3.05) is 11.9 Å². The number of carbonyl (C=O) groups excluding carboxylic acids is 1. The first-order chi connectivity index (χ1) is 15.6. The Bertz CT molecular complexity index is 1240. The van der Waals surface area contributed by atoms with Gasteiger partial charge in [-0.2, -0.15) is 0 Å². The van der Waals surface area contributed by atoms with Gasteiger partial charge < -0.3 is 14.2 Å². The highest BCUT2D eigenvalue weighted by atomic mass is 35.5. The number of halogens is 1. The molecule has 0 bridgehead atoms. The fourth-order valence-corrected chi connectivity index (χ4v) is 3.91. The Morgan fingerprint density at radius 3 is 2.41 bits per heavy atom. The van der Waals surface area contributed by atoms with Crippen LogP contribution < -0.4 is 19.5 Å². The van der Waals surface area contributed by atoms with Crippen molar-refractivity contribution in [3.8, 4) is 33.6 Å². The summed E-state index contributed by atoms with van der Waals surface area (Å²) in [5.74, 6) is 2.20. The molecule has 0 unspecified atom stereocenters. The number of benzene rings is 3. The maximum atomic E-state index is 12.6. The first-order valence-corrected chi connectivity index (χ1v) is 10.9. The van der Waals surface area contributed by atoms with E-state index in [1.807, 2.05) is 36.4 Å². The van der Waals surface area contributed by atoms with Crippen molar-refractivity contribution >= 4 is 34.0 Å². The number of anilines is 1. The van der Waals surface area contributed by atoms with Crippen LogP contribution in [-0.4, -0.2) is 28.8 Å². The third-order valence-electron chi connectivity index (χ3n) is 4.61. The van der Waals surface area contributed by atoms with Gasteiger partial charge in [-0.05, 0) is 60.7 Å². The molecular weight excluding hydrogens is 450 g/mol. The lowest BCUT2D eigenvalue weighted by molar-refractivity contribution is -0.125. The number of carbonyl (C=O) groups is 1. The van der Waals surface area contributed by atoms with Crippen LogP contribution in [0, 0.1) is 0 Å². The van der Waals surface area contributed by atoms with E-state index < -0.39 is 6.10 Å². The van der Waals surface area contributed by atoms with Crippen molar-refractivity contribution in [1.82, 2.24) is 10.2 Å². The SMILES string of the molecule is O=C(Nc1nnc(-c2ccc(Oc3ccc(Cl)cc3)cc2)s1)[C@@H]1COc2ccccc2O1. The third-order valence-corrected chi connectivity index (χ3v) is 5.75. The summed E-state index contributed by atoms with van der Waals surface area (Å²) in [5.41, 5.74) is 0.859. The van der Waals surface area contributed by atoms with E-state index in [9.17, 15) is 4.79 Å². The van der Waals surface area contributed by atoms with Crippen LogP contribution in [-0.2, 0) is 4.79 Å². The maximum Gasteiger partial charge on any atom is 0.270 e. The number of aromatic nitrogens is 2. The largest absolute Gasteiger partial charge is 0.485 e. The molecule has 1 aromatic heterocycles. The van der Waals surface area contributed by atoms with E-state index in [-0.39, 0.29) is 12.5 Å². The van der Waals surface area contributed by atoms with E-state index in [4.69, 9.17) is 25.8 Å². The van der Waals surface area contributed by atoms with Crippen LogP contribution in [0.4, 0.5) is 5.13 Å². The number of nitrogens with one attached hydrogen (secondary N) is 1. The van der Waals surface area contributed by atoms with E-state index in [1.54, 1.807) is 36.4 Å². The summed E-state index contributed by atoms with van der Waals surface area (Å²) in [4.78, 5) is 12.6. The summed E-state index contributed by atoms with van der Waals surface area (Å²) >= 11 is 7.16. The molecule has 1 amide bonds. The lowest BCUT2D eigenvalue weighted by Crippen LogP contribution is -2.40. The average molecular weight is 466 g/mol. The zero-order valence-electron chi connectivity index (χ0n) is 16.5. The van der Waals surface area contributed by atoms with Crippen LogP contribution in [0.25, 0.3) is 10.6 Å². The minimum atomic E-state index is -0.762. The monoisotopic (exact) mass is 465 g/mol. The Balaban J connectivity index is 1.22. The number of fused-ring (bicyclic) bond motifs is 1. The number of hydrogen-bond acceptors (Lipinski definition) is 7. The van der Waals surface area contributed by atoms with Crippen molar-refractivity contribution < 1.29 is 19.0 Å². The molecule has 3 aromatic carbocycles. The van der Waals surface area contributed by atoms with Crippen molar-refractivity contribution in [1.29, 1.82) is 0 Å². The quantitative estimate of drug-likeness (QED) is 0.423. The molecule has 0 aliphatic carbocycles. The van der Waals surface area contributed by atoms with Gasteiger partial charge in [0.05, 0.1) is 0 Å². The Kier molecular flexibility index (Phi) is 5.62. The molecule has 2 heterocycles. The van der Waals surface area contributed by atoms with Crippen LogP contribution in [0.3, 0.4) is 0 Å². The number of amides is 1. The predicted molar refractivity (Wildman–Crippen MR) is 122 cm³/mol. The van der Waals surface area contributed by atoms with Crippen LogP contribution in [0.5, 0.6) is 23.0 Å². The highest BCUT2D eigenvalue weighted by Crippen LogP contribution is 2.32. The molecule has 4 aromatic rings. The Labute approximate surface area is 192 Å². The van der Waals surface area contributed by atoms with Gasteiger partial charge in [-0.25, -0.2) is 0 Å². The Morgan fingerprint density at radius 1 is 0.969 bits per heavy atom. The molecule has 1 atom stereocenters. The van der Waals surface area contributed by atoms with Gasteiger partial charge in [-0.3, -0.25) is 10.1 Å². The third kappa shape index (κ3) is 4.51. The normalized spacial score (nSPS) is 14.6. The van der Waals surface area contributed by atoms with Crippen molar-refractivity contribution in [2.24, 2.45) is 0 Å². The zero-order chi connectivity index (χ0) is 21.9. The van der Waals surface area contributed by atoms with Gasteiger partial charge in [0.2, 0.25) is 11.2 Å². The number of nitrogens with zero attached hydrogens (tertiary/aromatic N) is 2. The maximum absolute atomic E-state index is 12.6. The smallest absolute Gasteiger partial charge is 0.270 e. The van der Waals surface area contributed by atoms with Gasteiger partial charge in [0.25, 0.3) is 5.91 Å². The zero-order valence-corrected chi connectivity index (χ0v) is 18.1. The first kappa shape index (κ1) is 20.3. The van der Waals surface area contributed by atoms with E-state index in [2.05, 4.69) is 15.5 Å². The van der Waals surface area contributed by atoms with Gasteiger partial charge in [0, 0.05) is 10.6 Å². The molecule has 0 saturated carbocycles. The molecule has 0 fully saturated rings. The van der Waals surface area contributed by atoms with Gasteiger partial charge >= 0.3 is 0 Å². The van der Waals surface area contributed by atoms with Crippen molar-refractivity contribution in [3.63, 3.8) is 0 Å². The van der Waals surface area contributed by atoms with Gasteiger partial charge in [0.1, 0.15) is 23.1 Å². The topological polar surface area (TPSA) is 82.6 Å². The van der Waals surface area contributed by atoms with Gasteiger partial charge in [-0.15, -0.1) is 10.2 Å². The molecule has 0 radical (unpaired) electrons. The highest BCUT2D eigenvalue weighted by Gasteiger charge is 2.28. The molecule has 0 saturated heterocycles. The summed E-state index contributed by atoms with van der Waals surface area (Å²) in [6, 6.07) is 21.8. The van der Waals surface area contributed by atoms with Crippen LogP contribution in [0.2, 0.25) is 5.02 Å². The number of hydrogen-bond donors (Lipinski definition) is 1. The second-order valence-electron chi connectivity index (χ2n) is 6.85. The molecule has 32 heavy (non-hydrogen) atoms. The minimum absolute atomic E-state index is 0.129. The number of rotatable bonds is 5. The fourth-order valence-electron chi connectivity index (χ4n) is 3.03. The van der Waals surface area contributed by atoms with Crippen LogP contribution >= 0.6 is 22.9 Å². The van der Waals surface area contributed by atoms with E-state index >= 15 is 0 Å². The highest BCUT2D eigenvalue weighted by molar-refractivity contribution is 7.18. The molecule has 5 rings (SSSR count).